The first-order valence-electron chi connectivity index (χ1n) is 4.77. The van der Waals surface area contributed by atoms with Crippen molar-refractivity contribution in [2.45, 2.75) is 45.1 Å². The molecular weight excluding hydrogens is 168 g/mol. The smallest absolute Gasteiger partial charge is 0.328 e. The van der Waals surface area contributed by atoms with Gasteiger partial charge in [0.2, 0.25) is 0 Å². The van der Waals surface area contributed by atoms with E-state index in [1.54, 1.807) is 0 Å². The average Bonchev–Trinajstić information content (AvgIpc) is 2.53. The van der Waals surface area contributed by atoms with E-state index in [2.05, 4.69) is 17.5 Å². The van der Waals surface area contributed by atoms with E-state index in [9.17, 15) is 4.79 Å². The fraction of sp³-hybridized carbons (Fsp3) is 0.778. The van der Waals surface area contributed by atoms with Crippen LogP contribution in [-0.2, 0) is 4.79 Å². The van der Waals surface area contributed by atoms with Crippen molar-refractivity contribution in [3.63, 3.8) is 0 Å². The van der Waals surface area contributed by atoms with Crippen molar-refractivity contribution in [2.24, 2.45) is 5.10 Å². The normalized spacial score (nSPS) is 21.0. The first-order valence-corrected chi connectivity index (χ1v) is 4.77. The monoisotopic (exact) mass is 184 g/mol. The first-order chi connectivity index (χ1) is 6.24. The van der Waals surface area contributed by atoms with Crippen molar-refractivity contribution in [1.82, 2.24) is 5.43 Å². The molecular formula is C9H16N2O2. The molecule has 0 fully saturated rings. The lowest BCUT2D eigenvalue weighted by atomic mass is 10.1. The number of nitrogens with one attached hydrogen (secondary N) is 1. The number of rotatable bonds is 5. The Bertz CT molecular complexity index is 214. The molecule has 0 aromatic carbocycles. The van der Waals surface area contributed by atoms with Crippen molar-refractivity contribution in [1.29, 1.82) is 0 Å². The predicted molar refractivity (Wildman–Crippen MR) is 50.8 cm³/mol. The Balaban J connectivity index is 2.20. The SMILES string of the molecule is CCCCCC1=NNC(C(=O)O)C1. The molecule has 4 nitrogen and oxygen atoms in total. The molecule has 0 aromatic rings. The van der Waals surface area contributed by atoms with Crippen LogP contribution >= 0.6 is 0 Å². The van der Waals surface area contributed by atoms with Gasteiger partial charge >= 0.3 is 5.97 Å². The summed E-state index contributed by atoms with van der Waals surface area (Å²) in [6.07, 6.45) is 4.99. The molecule has 1 aliphatic heterocycles. The van der Waals surface area contributed by atoms with Gasteiger partial charge in [0.05, 0.1) is 0 Å². The molecule has 1 unspecified atom stereocenters. The minimum atomic E-state index is -0.811. The van der Waals surface area contributed by atoms with Gasteiger partial charge in [-0.15, -0.1) is 0 Å². The van der Waals surface area contributed by atoms with Crippen LogP contribution in [0, 0.1) is 0 Å². The van der Waals surface area contributed by atoms with Gasteiger partial charge in [-0.2, -0.15) is 5.10 Å². The van der Waals surface area contributed by atoms with E-state index in [-0.39, 0.29) is 0 Å². The number of hydrogen-bond donors (Lipinski definition) is 2. The molecule has 0 aliphatic carbocycles. The second-order valence-electron chi connectivity index (χ2n) is 3.36. The van der Waals surface area contributed by atoms with E-state index in [0.717, 1.165) is 18.6 Å². The van der Waals surface area contributed by atoms with Crippen LogP contribution < -0.4 is 5.43 Å². The molecule has 0 saturated carbocycles. The summed E-state index contributed by atoms with van der Waals surface area (Å²) in [4.78, 5) is 10.5. The molecule has 0 amide bonds. The standard InChI is InChI=1S/C9H16N2O2/c1-2-3-4-5-7-6-8(9(12)13)11-10-7/h8,11H,2-6H2,1H3,(H,12,13). The number of aliphatic carboxylic acids is 1. The molecule has 0 bridgehead atoms. The van der Waals surface area contributed by atoms with Gasteiger partial charge in [0, 0.05) is 12.1 Å². The zero-order valence-corrected chi connectivity index (χ0v) is 7.92. The van der Waals surface area contributed by atoms with Crippen molar-refractivity contribution < 1.29 is 9.90 Å². The minimum absolute atomic E-state index is 0.489. The third kappa shape index (κ3) is 3.05. The van der Waals surface area contributed by atoms with Gasteiger partial charge in [0.25, 0.3) is 0 Å². The topological polar surface area (TPSA) is 61.7 Å². The summed E-state index contributed by atoms with van der Waals surface area (Å²) in [6, 6.07) is -0.489. The van der Waals surface area contributed by atoms with Crippen LogP contribution in [0.4, 0.5) is 0 Å². The van der Waals surface area contributed by atoms with E-state index in [1.165, 1.54) is 12.8 Å². The second kappa shape index (κ2) is 4.84. The van der Waals surface area contributed by atoms with Gasteiger partial charge in [-0.1, -0.05) is 19.8 Å². The van der Waals surface area contributed by atoms with Crippen molar-refractivity contribution in [3.05, 3.63) is 0 Å². The van der Waals surface area contributed by atoms with Gasteiger partial charge in [-0.05, 0) is 12.8 Å². The molecule has 0 aromatic heterocycles. The summed E-state index contributed by atoms with van der Waals surface area (Å²) >= 11 is 0. The largest absolute Gasteiger partial charge is 0.480 e. The molecule has 1 aliphatic rings. The predicted octanol–water partition coefficient (Wildman–Crippen LogP) is 1.37. The van der Waals surface area contributed by atoms with Crippen molar-refractivity contribution >= 4 is 11.7 Å². The molecule has 0 spiro atoms. The molecule has 1 heterocycles. The Morgan fingerprint density at radius 3 is 3.00 bits per heavy atom. The van der Waals surface area contributed by atoms with E-state index in [1.807, 2.05) is 0 Å². The Hall–Kier alpha value is -1.06. The molecule has 74 valence electrons. The summed E-state index contributed by atoms with van der Waals surface area (Å²) in [7, 11) is 0. The number of carbonyl (C=O) groups is 1. The lowest BCUT2D eigenvalue weighted by molar-refractivity contribution is -0.139. The molecule has 4 heteroatoms. The summed E-state index contributed by atoms with van der Waals surface area (Å²) in [5.74, 6) is -0.811. The summed E-state index contributed by atoms with van der Waals surface area (Å²) in [5, 5.41) is 12.7. The van der Waals surface area contributed by atoms with Crippen LogP contribution in [-0.4, -0.2) is 22.8 Å². The fourth-order valence-corrected chi connectivity index (χ4v) is 1.38. The Morgan fingerprint density at radius 1 is 1.69 bits per heavy atom. The van der Waals surface area contributed by atoms with Crippen LogP contribution in [0.2, 0.25) is 0 Å². The second-order valence-corrected chi connectivity index (χ2v) is 3.36. The molecule has 1 rings (SSSR count). The highest BCUT2D eigenvalue weighted by Gasteiger charge is 2.23. The average molecular weight is 184 g/mol. The highest BCUT2D eigenvalue weighted by molar-refractivity contribution is 5.91. The number of nitrogens with zero attached hydrogens (tertiary/aromatic N) is 1. The van der Waals surface area contributed by atoms with Crippen LogP contribution in [0.3, 0.4) is 0 Å². The highest BCUT2D eigenvalue weighted by atomic mass is 16.4. The van der Waals surface area contributed by atoms with Gasteiger partial charge in [-0.3, -0.25) is 5.43 Å². The van der Waals surface area contributed by atoms with E-state index >= 15 is 0 Å². The molecule has 13 heavy (non-hydrogen) atoms. The van der Waals surface area contributed by atoms with E-state index < -0.39 is 12.0 Å². The van der Waals surface area contributed by atoms with Gasteiger partial charge in [0.15, 0.2) is 0 Å². The minimum Gasteiger partial charge on any atom is -0.480 e. The van der Waals surface area contributed by atoms with Crippen molar-refractivity contribution in [2.75, 3.05) is 0 Å². The summed E-state index contributed by atoms with van der Waals surface area (Å²) < 4.78 is 0. The van der Waals surface area contributed by atoms with Gasteiger partial charge in [-0.25, -0.2) is 4.79 Å². The number of hydrogen-bond acceptors (Lipinski definition) is 3. The third-order valence-corrected chi connectivity index (χ3v) is 2.19. The van der Waals surface area contributed by atoms with Crippen LogP contribution in [0.5, 0.6) is 0 Å². The lowest BCUT2D eigenvalue weighted by Crippen LogP contribution is -2.29. The fourth-order valence-electron chi connectivity index (χ4n) is 1.38. The number of hydrazone groups is 1. The van der Waals surface area contributed by atoms with Crippen LogP contribution in [0.15, 0.2) is 5.10 Å². The maximum absolute atomic E-state index is 10.5. The summed E-state index contributed by atoms with van der Waals surface area (Å²) in [6.45, 7) is 2.15. The lowest BCUT2D eigenvalue weighted by Gasteiger charge is -2.01. The quantitative estimate of drug-likeness (QED) is 0.634. The first kappa shape index (κ1) is 10.0. The Kier molecular flexibility index (Phi) is 3.73. The number of carboxylic acid groups (broad SMARTS) is 1. The van der Waals surface area contributed by atoms with E-state index in [4.69, 9.17) is 5.11 Å². The van der Waals surface area contributed by atoms with Gasteiger partial charge < -0.3 is 5.11 Å². The van der Waals surface area contributed by atoms with E-state index in [0.29, 0.717) is 6.42 Å². The summed E-state index contributed by atoms with van der Waals surface area (Å²) in [5.41, 5.74) is 3.62. The maximum atomic E-state index is 10.5. The van der Waals surface area contributed by atoms with Crippen LogP contribution in [0.1, 0.15) is 39.0 Å². The Labute approximate surface area is 78.0 Å². The third-order valence-electron chi connectivity index (χ3n) is 2.19. The van der Waals surface area contributed by atoms with Crippen LogP contribution in [0.25, 0.3) is 0 Å². The zero-order valence-electron chi connectivity index (χ0n) is 7.92. The van der Waals surface area contributed by atoms with Gasteiger partial charge in [0.1, 0.15) is 6.04 Å². The highest BCUT2D eigenvalue weighted by Crippen LogP contribution is 2.10. The zero-order chi connectivity index (χ0) is 9.68. The van der Waals surface area contributed by atoms with Crippen molar-refractivity contribution in [3.8, 4) is 0 Å². The molecule has 2 N–H and O–H groups in total. The molecule has 0 saturated heterocycles. The number of carboxylic acids is 1. The molecule has 1 atom stereocenters. The maximum Gasteiger partial charge on any atom is 0.328 e. The Morgan fingerprint density at radius 2 is 2.46 bits per heavy atom. The number of unbranched alkanes of at least 4 members (excludes halogenated alkanes) is 2. The molecule has 0 radical (unpaired) electrons.